The minimum absolute atomic E-state index is 0.0376. The number of rotatable bonds is 10. The van der Waals surface area contributed by atoms with E-state index in [1.54, 1.807) is 19.1 Å². The fraction of sp³-hybridized carbons (Fsp3) is 0.318. The molecule has 1 unspecified atom stereocenters. The number of carbonyl (C=O) groups excluding carboxylic acids is 1. The number of nitrogens with zero attached hydrogens (tertiary/aromatic N) is 2. The van der Waals surface area contributed by atoms with Gasteiger partial charge < -0.3 is 5.32 Å². The molecule has 1 heterocycles. The van der Waals surface area contributed by atoms with Gasteiger partial charge in [-0.25, -0.2) is 13.1 Å². The highest BCUT2D eigenvalue weighted by Gasteiger charge is 2.38. The van der Waals surface area contributed by atoms with E-state index < -0.39 is 21.7 Å². The number of benzene rings is 2. The van der Waals surface area contributed by atoms with E-state index in [-0.39, 0.29) is 16.4 Å². The second-order valence-electron chi connectivity index (χ2n) is 7.17. The van der Waals surface area contributed by atoms with Crippen LogP contribution < -0.4 is 10.0 Å². The van der Waals surface area contributed by atoms with E-state index >= 15 is 0 Å². The molecule has 0 saturated heterocycles. The van der Waals surface area contributed by atoms with Crippen molar-refractivity contribution >= 4 is 15.9 Å². The molecule has 0 aromatic heterocycles. The molecule has 1 amide bonds. The third-order valence-corrected chi connectivity index (χ3v) is 6.44. The monoisotopic (exact) mass is 424 g/mol. The van der Waals surface area contributed by atoms with Crippen LogP contribution in [0.1, 0.15) is 48.1 Å². The first-order valence-electron chi connectivity index (χ1n) is 9.68. The zero-order chi connectivity index (χ0) is 21.6. The fourth-order valence-corrected chi connectivity index (χ4v) is 4.34. The third-order valence-electron chi connectivity index (χ3n) is 4.90. The first kappa shape index (κ1) is 21.7. The highest BCUT2D eigenvalue weighted by molar-refractivity contribution is 7.89. The van der Waals surface area contributed by atoms with Crippen molar-refractivity contribution in [3.8, 4) is 12.3 Å². The van der Waals surface area contributed by atoms with E-state index in [1.807, 2.05) is 30.3 Å². The highest BCUT2D eigenvalue weighted by Crippen LogP contribution is 2.36. The quantitative estimate of drug-likeness (QED) is 0.572. The molecule has 0 aliphatic carbocycles. The van der Waals surface area contributed by atoms with E-state index in [0.717, 1.165) is 5.56 Å². The summed E-state index contributed by atoms with van der Waals surface area (Å²) in [6, 6.07) is 14.8. The lowest BCUT2D eigenvalue weighted by Gasteiger charge is -2.15. The molecule has 0 spiro atoms. The fourth-order valence-electron chi connectivity index (χ4n) is 3.06. The van der Waals surface area contributed by atoms with Crippen LogP contribution >= 0.6 is 0 Å². The maximum absolute atomic E-state index is 12.8. The Bertz CT molecular complexity index is 1070. The molecule has 0 radical (unpaired) electrons. The molecule has 30 heavy (non-hydrogen) atoms. The van der Waals surface area contributed by atoms with Crippen molar-refractivity contribution < 1.29 is 13.2 Å². The summed E-state index contributed by atoms with van der Waals surface area (Å²) in [6.45, 7) is 2.14. The molecule has 156 valence electrons. The second kappa shape index (κ2) is 9.20. The summed E-state index contributed by atoms with van der Waals surface area (Å²) in [5, 5.41) is 10.9. The molecule has 2 aromatic rings. The smallest absolute Gasteiger partial charge is 0.251 e. The molecule has 2 N–H and O–H groups in total. The molecule has 0 fully saturated rings. The van der Waals surface area contributed by atoms with Crippen LogP contribution in [0.25, 0.3) is 0 Å². The molecule has 0 bridgehead atoms. The average Bonchev–Trinajstić information content (AvgIpc) is 3.52. The van der Waals surface area contributed by atoms with Gasteiger partial charge in [-0.3, -0.25) is 4.79 Å². The minimum Gasteiger partial charge on any atom is -0.352 e. The van der Waals surface area contributed by atoms with E-state index in [4.69, 9.17) is 6.42 Å². The second-order valence-corrected chi connectivity index (χ2v) is 8.89. The number of nitrogens with one attached hydrogen (secondary N) is 2. The van der Waals surface area contributed by atoms with Crippen LogP contribution in [0.15, 0.2) is 69.7 Å². The summed E-state index contributed by atoms with van der Waals surface area (Å²) in [7, 11) is -3.79. The number of hydrogen-bond acceptors (Lipinski definition) is 5. The maximum Gasteiger partial charge on any atom is 0.251 e. The van der Waals surface area contributed by atoms with Gasteiger partial charge in [0.2, 0.25) is 10.0 Å². The Labute approximate surface area is 177 Å². The molecule has 1 atom stereocenters. The number of terminal acetylenes is 1. The lowest BCUT2D eigenvalue weighted by molar-refractivity contribution is 0.0951. The van der Waals surface area contributed by atoms with E-state index in [0.29, 0.717) is 25.8 Å². The summed E-state index contributed by atoms with van der Waals surface area (Å²) in [5.41, 5.74) is 0.653. The largest absolute Gasteiger partial charge is 0.352 e. The van der Waals surface area contributed by atoms with Gasteiger partial charge in [0.25, 0.3) is 5.91 Å². The molecule has 0 saturated carbocycles. The van der Waals surface area contributed by atoms with Crippen molar-refractivity contribution in [2.75, 3.05) is 6.54 Å². The Kier molecular flexibility index (Phi) is 6.65. The van der Waals surface area contributed by atoms with Crippen LogP contribution in [-0.4, -0.2) is 26.5 Å². The molecule has 1 aliphatic heterocycles. The van der Waals surface area contributed by atoms with Gasteiger partial charge in [-0.2, -0.15) is 10.2 Å². The van der Waals surface area contributed by atoms with Gasteiger partial charge in [0.15, 0.2) is 5.66 Å². The molecule has 2 aromatic carbocycles. The summed E-state index contributed by atoms with van der Waals surface area (Å²) < 4.78 is 28.2. The lowest BCUT2D eigenvalue weighted by atomic mass is 10.0. The first-order chi connectivity index (χ1) is 14.4. The van der Waals surface area contributed by atoms with Gasteiger partial charge in [0.1, 0.15) is 0 Å². The predicted octanol–water partition coefficient (Wildman–Crippen LogP) is 3.42. The Morgan fingerprint density at radius 3 is 2.53 bits per heavy atom. The lowest BCUT2D eigenvalue weighted by Crippen LogP contribution is -2.29. The number of hydrogen-bond donors (Lipinski definition) is 2. The zero-order valence-electron chi connectivity index (χ0n) is 16.7. The SMILES string of the molecule is C#CCCC1(CCNC(=O)c2cccc(S(=O)(=O)NC(C)c3ccccc3)c2)N=N1. The van der Waals surface area contributed by atoms with Gasteiger partial charge in [0.05, 0.1) is 4.90 Å². The zero-order valence-corrected chi connectivity index (χ0v) is 17.5. The normalized spacial score (nSPS) is 15.2. The maximum atomic E-state index is 12.8. The van der Waals surface area contributed by atoms with Crippen LogP contribution in [0.4, 0.5) is 0 Å². The summed E-state index contributed by atoms with van der Waals surface area (Å²) in [5.74, 6) is 2.21. The van der Waals surface area contributed by atoms with Crippen LogP contribution in [0.5, 0.6) is 0 Å². The van der Waals surface area contributed by atoms with Crippen LogP contribution in [0.3, 0.4) is 0 Å². The molecule has 3 rings (SSSR count). The Morgan fingerprint density at radius 2 is 1.87 bits per heavy atom. The van der Waals surface area contributed by atoms with Crippen LogP contribution in [0.2, 0.25) is 0 Å². The Morgan fingerprint density at radius 1 is 1.13 bits per heavy atom. The first-order valence-corrected chi connectivity index (χ1v) is 11.2. The number of sulfonamides is 1. The van der Waals surface area contributed by atoms with Gasteiger partial charge >= 0.3 is 0 Å². The van der Waals surface area contributed by atoms with Crippen LogP contribution in [-0.2, 0) is 10.0 Å². The number of amides is 1. The van der Waals surface area contributed by atoms with Crippen molar-refractivity contribution in [3.63, 3.8) is 0 Å². The number of carbonyl (C=O) groups is 1. The predicted molar refractivity (Wildman–Crippen MR) is 114 cm³/mol. The molecular weight excluding hydrogens is 400 g/mol. The molecule has 7 nitrogen and oxygen atoms in total. The molecule has 1 aliphatic rings. The molecular formula is C22H24N4O3S. The van der Waals surface area contributed by atoms with Crippen molar-refractivity contribution in [1.29, 1.82) is 0 Å². The highest BCUT2D eigenvalue weighted by atomic mass is 32.2. The standard InChI is InChI=1S/C22H24N4O3S/c1-3-4-13-22(25-26-22)14-15-23-21(27)19-11-8-12-20(16-19)30(28,29)24-17(2)18-9-6-5-7-10-18/h1,5-12,16-17,24H,4,13-15H2,2H3,(H,23,27). The summed E-state index contributed by atoms with van der Waals surface area (Å²) in [4.78, 5) is 12.5. The topological polar surface area (TPSA) is 100.0 Å². The van der Waals surface area contributed by atoms with Gasteiger partial charge in [0, 0.05) is 37.4 Å². The van der Waals surface area contributed by atoms with E-state index in [2.05, 4.69) is 26.2 Å². The Hall–Kier alpha value is -3.02. The average molecular weight is 425 g/mol. The van der Waals surface area contributed by atoms with Crippen molar-refractivity contribution in [2.45, 2.75) is 42.8 Å². The van der Waals surface area contributed by atoms with Crippen molar-refractivity contribution in [1.82, 2.24) is 10.0 Å². The molecule has 8 heteroatoms. The summed E-state index contributed by atoms with van der Waals surface area (Å²) >= 11 is 0. The van der Waals surface area contributed by atoms with Crippen molar-refractivity contribution in [3.05, 3.63) is 65.7 Å². The Balaban J connectivity index is 1.60. The van der Waals surface area contributed by atoms with E-state index in [9.17, 15) is 13.2 Å². The third kappa shape index (κ3) is 5.53. The van der Waals surface area contributed by atoms with E-state index in [1.165, 1.54) is 12.1 Å². The van der Waals surface area contributed by atoms with Gasteiger partial charge in [-0.05, 0) is 30.7 Å². The summed E-state index contributed by atoms with van der Waals surface area (Å²) in [6.07, 6.45) is 7.08. The van der Waals surface area contributed by atoms with Gasteiger partial charge in [-0.15, -0.1) is 12.3 Å². The minimum atomic E-state index is -3.79. The van der Waals surface area contributed by atoms with Gasteiger partial charge in [-0.1, -0.05) is 36.4 Å². The van der Waals surface area contributed by atoms with Crippen molar-refractivity contribution in [2.24, 2.45) is 10.2 Å². The van der Waals surface area contributed by atoms with Crippen LogP contribution in [0, 0.1) is 12.3 Å².